The van der Waals surface area contributed by atoms with Crippen LogP contribution >= 0.6 is 0 Å². The van der Waals surface area contributed by atoms with Crippen molar-refractivity contribution in [1.82, 2.24) is 0 Å². The van der Waals surface area contributed by atoms with Crippen LogP contribution < -0.4 is 0 Å². The summed E-state index contributed by atoms with van der Waals surface area (Å²) in [6.45, 7) is 0. The molecule has 2 radical (unpaired) electrons. The van der Waals surface area contributed by atoms with Crippen LogP contribution in [0.1, 0.15) is 0 Å². The molecule has 0 aliphatic carbocycles. The van der Waals surface area contributed by atoms with Crippen LogP contribution in [0.2, 0.25) is 0 Å². The van der Waals surface area contributed by atoms with Gasteiger partial charge in [-0.15, -0.1) is 0 Å². The van der Waals surface area contributed by atoms with Gasteiger partial charge in [0, 0.05) is 16.7 Å². The van der Waals surface area contributed by atoms with Crippen molar-refractivity contribution in [1.29, 1.82) is 0 Å². The molecule has 4 nitrogen and oxygen atoms in total. The summed E-state index contributed by atoms with van der Waals surface area (Å²) >= 11 is 3.47. The number of hydrogen-bond donors (Lipinski definition) is 2. The van der Waals surface area contributed by atoms with Crippen molar-refractivity contribution in [3.05, 3.63) is 0 Å². The van der Waals surface area contributed by atoms with E-state index in [1.807, 2.05) is 0 Å². The molecule has 0 amide bonds. The first-order valence-electron chi connectivity index (χ1n) is 0.698. The number of hydrogen-bond acceptors (Lipinski definition) is 2. The Morgan fingerprint density at radius 2 is 1.43 bits per heavy atom. The zero-order valence-corrected chi connectivity index (χ0v) is 4.16. The van der Waals surface area contributed by atoms with Crippen LogP contribution in [0.4, 0.5) is 0 Å². The maximum absolute atomic E-state index is 9.11. The quantitative estimate of drug-likeness (QED) is 0.434. The van der Waals surface area contributed by atoms with Crippen LogP contribution in [0.5, 0.6) is 0 Å². The molecule has 0 spiro atoms. The summed E-state index contributed by atoms with van der Waals surface area (Å²) in [6, 6.07) is 0. The van der Waals surface area contributed by atoms with E-state index >= 15 is 0 Å². The molecule has 0 aliphatic rings. The van der Waals surface area contributed by atoms with E-state index in [0.29, 0.717) is 0 Å². The Labute approximate surface area is 68.2 Å². The molecule has 0 unspecified atom stereocenters. The molecule has 7 heteroatoms. The summed E-state index contributed by atoms with van der Waals surface area (Å²) in [4.78, 5) is 0. The van der Waals surface area contributed by atoms with Gasteiger partial charge in [0.05, 0.1) is 0 Å². The van der Waals surface area contributed by atoms with E-state index in [0.717, 1.165) is 0 Å². The van der Waals surface area contributed by atoms with Crippen LogP contribution in [0.25, 0.3) is 0 Å². The van der Waals surface area contributed by atoms with Gasteiger partial charge < -0.3 is 0 Å². The second-order valence-corrected chi connectivity index (χ2v) is 2.65. The van der Waals surface area contributed by atoms with E-state index in [1.54, 1.807) is 0 Å². The van der Waals surface area contributed by atoms with Crippen molar-refractivity contribution in [2.24, 2.45) is 0 Å². The van der Waals surface area contributed by atoms with E-state index < -0.39 is 9.05 Å². The minimum atomic E-state index is -3.83. The van der Waals surface area contributed by atoms with Gasteiger partial charge in [0.2, 0.25) is 0 Å². The van der Waals surface area contributed by atoms with Gasteiger partial charge >= 0.3 is 29.6 Å². The molecule has 40 valence electrons. The Morgan fingerprint density at radius 3 is 1.43 bits per heavy atom. The van der Waals surface area contributed by atoms with E-state index in [2.05, 4.69) is 11.2 Å². The Morgan fingerprint density at radius 1 is 1.43 bits per heavy atom. The van der Waals surface area contributed by atoms with Gasteiger partial charge in [-0.05, 0) is 0 Å². The van der Waals surface area contributed by atoms with E-state index in [4.69, 9.17) is 13.3 Å². The van der Waals surface area contributed by atoms with Crippen molar-refractivity contribution < 1.29 is 18.8 Å². The van der Waals surface area contributed by atoms with Gasteiger partial charge in [0.25, 0.3) is 9.05 Å². The third-order valence-corrected chi connectivity index (χ3v) is 0. The van der Waals surface area contributed by atoms with Crippen LogP contribution in [-0.4, -0.2) is 42.9 Å². The first-order valence-corrected chi connectivity index (χ1v) is 3.10. The monoisotopic (exact) mass is 154 g/mol. The molecule has 7 heavy (non-hydrogen) atoms. The maximum atomic E-state index is 9.11. The Kier molecular flexibility index (Phi) is 12.1. The summed E-state index contributed by atoms with van der Waals surface area (Å²) in [7, 11) is -3.83. The predicted octanol–water partition coefficient (Wildman–Crippen LogP) is -1.09. The largest absolute Gasteiger partial charge is 0 e. The molecular weight excluding hydrogens is 151 g/mol. The fourth-order valence-electron chi connectivity index (χ4n) is 0. The Bertz CT molecular complexity index is 92.9. The number of rotatable bonds is 0. The molecule has 0 aliphatic heterocycles. The molecule has 0 atom stereocenters. The topological polar surface area (TPSA) is 86.0 Å². The van der Waals surface area contributed by atoms with Gasteiger partial charge in [0.15, 0.2) is 0 Å². The van der Waals surface area contributed by atoms with Crippen LogP contribution in [0.15, 0.2) is 0 Å². The Hall–Kier alpha value is 1.25. The normalized spacial score (nSPS) is 8.29. The summed E-state index contributed by atoms with van der Waals surface area (Å²) in [6.07, 6.45) is 0. The average Bonchev–Trinajstić information content (AvgIpc) is 0.722. The zero-order chi connectivity index (χ0) is 4.50. The van der Waals surface area contributed by atoms with E-state index in [-0.39, 0.29) is 35.0 Å². The fraction of sp³-hybridized carbons (Fsp3) is 0. The predicted molar refractivity (Wildman–Crippen MR) is 28.6 cm³/mol. The van der Waals surface area contributed by atoms with Crippen molar-refractivity contribution >= 4 is 49.8 Å². The van der Waals surface area contributed by atoms with Gasteiger partial charge in [-0.1, -0.05) is 0 Å². The molecule has 0 bridgehead atoms. The van der Waals surface area contributed by atoms with Crippen LogP contribution in [0.3, 0.4) is 0 Å². The van der Waals surface area contributed by atoms with Crippen LogP contribution in [-0.2, 0) is 25.7 Å². The Balaban J connectivity index is -0.0000000800. The molecule has 0 aromatic carbocycles. The maximum Gasteiger partial charge on any atom is 0 e. The molecular formula is H3NaO4S2. The molecule has 0 aromatic rings. The molecule has 2 N–H and O–H groups in total. The summed E-state index contributed by atoms with van der Waals surface area (Å²) in [5.41, 5.74) is 0. The van der Waals surface area contributed by atoms with E-state index in [9.17, 15) is 0 Å². The second-order valence-electron chi connectivity index (χ2n) is 0.448. The fourth-order valence-corrected chi connectivity index (χ4v) is 0. The smallest absolute Gasteiger partial charge is 0 e. The minimum absolute atomic E-state index is 0. The third kappa shape index (κ3) is 128. The summed E-state index contributed by atoms with van der Waals surface area (Å²) in [5, 5.41) is 0. The molecule has 0 saturated heterocycles. The van der Waals surface area contributed by atoms with Gasteiger partial charge in [0.1, 0.15) is 0 Å². The molecule has 0 heterocycles. The van der Waals surface area contributed by atoms with Gasteiger partial charge in [-0.2, -0.15) is 4.21 Å². The molecule has 0 rings (SSSR count). The van der Waals surface area contributed by atoms with Crippen molar-refractivity contribution in [2.75, 3.05) is 0 Å². The first kappa shape index (κ1) is 15.7. The minimum Gasteiger partial charge on any atom is 0 e. The van der Waals surface area contributed by atoms with Gasteiger partial charge in [-0.25, -0.2) is 0 Å². The molecule has 0 aromatic heterocycles. The third-order valence-electron chi connectivity index (χ3n) is 0. The SMILES string of the molecule is O=S(O)(O)=S.[NaH].[O]. The molecule has 0 saturated carbocycles. The van der Waals surface area contributed by atoms with Crippen LogP contribution in [0, 0.1) is 0 Å². The molecule has 0 fully saturated rings. The van der Waals surface area contributed by atoms with Crippen molar-refractivity contribution in [3.8, 4) is 0 Å². The van der Waals surface area contributed by atoms with Crippen molar-refractivity contribution in [3.63, 3.8) is 0 Å². The second kappa shape index (κ2) is 5.39. The average molecular weight is 154 g/mol. The van der Waals surface area contributed by atoms with Gasteiger partial charge in [-0.3, -0.25) is 9.11 Å². The summed E-state index contributed by atoms with van der Waals surface area (Å²) < 4.78 is 24.0. The zero-order valence-electron chi connectivity index (χ0n) is 2.53. The standard InChI is InChI=1S/Na.H2O3S2.O.H/c;1-5(2,3)4;;/h;(H2,1,2,3,4);;. The first-order chi connectivity index (χ1) is 2.00. The van der Waals surface area contributed by atoms with Crippen molar-refractivity contribution in [2.45, 2.75) is 0 Å². The van der Waals surface area contributed by atoms with E-state index in [1.165, 1.54) is 0 Å². The summed E-state index contributed by atoms with van der Waals surface area (Å²) in [5.74, 6) is 0.